The summed E-state index contributed by atoms with van der Waals surface area (Å²) in [5.74, 6) is -4.37. The predicted molar refractivity (Wildman–Crippen MR) is 83.7 cm³/mol. The predicted octanol–water partition coefficient (Wildman–Crippen LogP) is 2.91. The van der Waals surface area contributed by atoms with Crippen molar-refractivity contribution in [3.63, 3.8) is 0 Å². The summed E-state index contributed by atoms with van der Waals surface area (Å²) in [5, 5.41) is 5.12. The smallest absolute Gasteiger partial charge is 0.398 e. The molecule has 0 heterocycles. The van der Waals surface area contributed by atoms with Gasteiger partial charge in [0.2, 0.25) is 0 Å². The van der Waals surface area contributed by atoms with E-state index in [1.165, 1.54) is 0 Å². The van der Waals surface area contributed by atoms with Crippen LogP contribution in [0.2, 0.25) is 0 Å². The van der Waals surface area contributed by atoms with Gasteiger partial charge in [-0.05, 0) is 50.4 Å². The molecule has 4 bridgehead atoms. The maximum absolute atomic E-state index is 13.5. The highest BCUT2D eigenvalue weighted by molar-refractivity contribution is 7.86. The van der Waals surface area contributed by atoms with Crippen LogP contribution >= 0.6 is 0 Å². The summed E-state index contributed by atoms with van der Waals surface area (Å²) in [7, 11) is -6.31. The Labute approximate surface area is 158 Å². The Morgan fingerprint density at radius 2 is 1.64 bits per heavy atom. The minimum absolute atomic E-state index is 0.102. The highest BCUT2D eigenvalue weighted by Gasteiger charge is 2.63. The van der Waals surface area contributed by atoms with Crippen molar-refractivity contribution in [3.8, 4) is 0 Å². The molecule has 0 aromatic rings. The van der Waals surface area contributed by atoms with Crippen LogP contribution in [0.1, 0.15) is 44.9 Å². The molecule has 4 fully saturated rings. The Bertz CT molecular complexity index is 735. The number of halogens is 5. The van der Waals surface area contributed by atoms with E-state index in [9.17, 15) is 40.3 Å². The molecular formula is C16H21F5O6S. The van der Waals surface area contributed by atoms with Gasteiger partial charge in [0.15, 0.2) is 0 Å². The van der Waals surface area contributed by atoms with Crippen molar-refractivity contribution >= 4 is 16.1 Å². The summed E-state index contributed by atoms with van der Waals surface area (Å²) in [4.78, 5) is 12.5. The molecule has 0 aromatic carbocycles. The first-order valence-corrected chi connectivity index (χ1v) is 10.3. The Kier molecular flexibility index (Phi) is 5.03. The normalized spacial score (nSPS) is 36.4. The second kappa shape index (κ2) is 6.49. The van der Waals surface area contributed by atoms with E-state index in [0.717, 1.165) is 6.42 Å². The molecule has 3 atom stereocenters. The largest absolute Gasteiger partial charge is 0.465 e. The first-order valence-electron chi connectivity index (χ1n) is 8.89. The number of ether oxygens (including phenoxy) is 1. The van der Waals surface area contributed by atoms with Gasteiger partial charge >= 0.3 is 27.5 Å². The highest BCUT2D eigenvalue weighted by atomic mass is 32.2. The molecule has 6 nitrogen and oxygen atoms in total. The fourth-order valence-corrected chi connectivity index (χ4v) is 6.19. The van der Waals surface area contributed by atoms with Crippen LogP contribution in [0, 0.1) is 23.2 Å². The van der Waals surface area contributed by atoms with Crippen LogP contribution in [-0.4, -0.2) is 47.7 Å². The lowest BCUT2D eigenvalue weighted by molar-refractivity contribution is -0.225. The summed E-state index contributed by atoms with van der Waals surface area (Å²) < 4.78 is 100. The number of rotatable bonds is 6. The fourth-order valence-electron chi connectivity index (χ4n) is 5.58. The third-order valence-corrected chi connectivity index (χ3v) is 7.22. The van der Waals surface area contributed by atoms with Crippen LogP contribution in [0.4, 0.5) is 22.0 Å². The van der Waals surface area contributed by atoms with Crippen molar-refractivity contribution in [1.29, 1.82) is 0 Å². The van der Waals surface area contributed by atoms with Gasteiger partial charge in [0.05, 0.1) is 17.6 Å². The molecule has 12 heteroatoms. The van der Waals surface area contributed by atoms with Crippen molar-refractivity contribution in [2.45, 2.75) is 62.0 Å². The quantitative estimate of drug-likeness (QED) is 0.377. The van der Waals surface area contributed by atoms with Crippen LogP contribution in [0.5, 0.6) is 0 Å². The summed E-state index contributed by atoms with van der Waals surface area (Å²) in [6, 6.07) is 0. The second-order valence-corrected chi connectivity index (χ2v) is 10.0. The van der Waals surface area contributed by atoms with E-state index in [4.69, 9.17) is 9.29 Å². The van der Waals surface area contributed by atoms with Crippen molar-refractivity contribution in [2.24, 2.45) is 23.2 Å². The summed E-state index contributed by atoms with van der Waals surface area (Å²) in [6.45, 7) is -1.08. The number of alkyl halides is 5. The van der Waals surface area contributed by atoms with Crippen LogP contribution < -0.4 is 0 Å². The molecule has 28 heavy (non-hydrogen) atoms. The Morgan fingerprint density at radius 3 is 2.07 bits per heavy atom. The monoisotopic (exact) mass is 436 g/mol. The van der Waals surface area contributed by atoms with Crippen LogP contribution in [0.3, 0.4) is 0 Å². The Hall–Kier alpha value is -1.01. The van der Waals surface area contributed by atoms with Gasteiger partial charge in [-0.2, -0.15) is 30.4 Å². The van der Waals surface area contributed by atoms with Gasteiger partial charge in [-0.1, -0.05) is 0 Å². The van der Waals surface area contributed by atoms with Gasteiger partial charge in [-0.3, -0.25) is 9.35 Å². The van der Waals surface area contributed by atoms with E-state index in [1.54, 1.807) is 0 Å². The summed E-state index contributed by atoms with van der Waals surface area (Å²) in [6.07, 6.45) is -4.23. The molecule has 4 aliphatic carbocycles. The number of hydrogen-bond donors (Lipinski definition) is 2. The number of esters is 1. The van der Waals surface area contributed by atoms with E-state index >= 15 is 0 Å². The molecule has 0 aromatic heterocycles. The Morgan fingerprint density at radius 1 is 1.11 bits per heavy atom. The van der Waals surface area contributed by atoms with Gasteiger partial charge in [0, 0.05) is 6.42 Å². The fraction of sp³-hybridized carbons (Fsp3) is 0.938. The second-order valence-electron chi connectivity index (χ2n) is 8.52. The van der Waals surface area contributed by atoms with Crippen molar-refractivity contribution < 1.29 is 49.6 Å². The van der Waals surface area contributed by atoms with E-state index in [1.807, 2.05) is 0 Å². The standard InChI is InChI=1S/C16H21F5O6S/c17-15(18,19)11(16(20,21)28(24,25)26)1-2-27-12(22)13-4-9-3-10(5-13)7-14(23,6-9)8-13/h9-11,23H,1-8H2,(H,24,25,26). The molecule has 4 saturated carbocycles. The lowest BCUT2D eigenvalue weighted by Gasteiger charge is -2.58. The SMILES string of the molecule is O=C(OCCC(C(F)(F)F)C(F)(F)S(=O)(=O)O)C12CC3CC(CC(O)(C3)C1)C2. The molecule has 0 aliphatic heterocycles. The first kappa shape index (κ1) is 21.7. The molecule has 162 valence electrons. The van der Waals surface area contributed by atoms with Crippen molar-refractivity contribution in [1.82, 2.24) is 0 Å². The minimum Gasteiger partial charge on any atom is -0.465 e. The van der Waals surface area contributed by atoms with Gasteiger partial charge < -0.3 is 9.84 Å². The molecule has 0 spiro atoms. The molecule has 2 N–H and O–H groups in total. The highest BCUT2D eigenvalue weighted by Crippen LogP contribution is 2.62. The molecule has 3 unspecified atom stereocenters. The molecule has 0 radical (unpaired) electrons. The number of carbonyl (C=O) groups is 1. The number of carbonyl (C=O) groups excluding carboxylic acids is 1. The van der Waals surface area contributed by atoms with Crippen LogP contribution in [0.15, 0.2) is 0 Å². The zero-order valence-electron chi connectivity index (χ0n) is 14.7. The average molecular weight is 436 g/mol. The van der Waals surface area contributed by atoms with E-state index in [0.29, 0.717) is 25.7 Å². The van der Waals surface area contributed by atoms with Crippen LogP contribution in [0.25, 0.3) is 0 Å². The van der Waals surface area contributed by atoms with E-state index in [-0.39, 0.29) is 18.3 Å². The molecule has 4 aliphatic rings. The zero-order chi connectivity index (χ0) is 21.2. The van der Waals surface area contributed by atoms with Crippen LogP contribution in [-0.2, 0) is 19.6 Å². The first-order chi connectivity index (χ1) is 12.6. The van der Waals surface area contributed by atoms with E-state index < -0.39 is 57.5 Å². The number of aliphatic hydroxyl groups is 1. The average Bonchev–Trinajstić information content (AvgIpc) is 2.46. The molecule has 0 saturated heterocycles. The maximum atomic E-state index is 13.5. The summed E-state index contributed by atoms with van der Waals surface area (Å²) in [5.41, 5.74) is -2.06. The third-order valence-electron chi connectivity index (χ3n) is 6.25. The van der Waals surface area contributed by atoms with Crippen molar-refractivity contribution in [2.75, 3.05) is 6.61 Å². The summed E-state index contributed by atoms with van der Waals surface area (Å²) >= 11 is 0. The molecule has 4 rings (SSSR count). The third kappa shape index (κ3) is 3.74. The molecule has 0 amide bonds. The minimum atomic E-state index is -6.31. The lowest BCUT2D eigenvalue weighted by Crippen LogP contribution is -2.58. The van der Waals surface area contributed by atoms with Gasteiger partial charge in [0.25, 0.3) is 0 Å². The Balaban J connectivity index is 1.67. The van der Waals surface area contributed by atoms with Crippen molar-refractivity contribution in [3.05, 3.63) is 0 Å². The number of hydrogen-bond acceptors (Lipinski definition) is 5. The maximum Gasteiger partial charge on any atom is 0.398 e. The van der Waals surface area contributed by atoms with Gasteiger partial charge in [-0.25, -0.2) is 0 Å². The topological polar surface area (TPSA) is 101 Å². The zero-order valence-corrected chi connectivity index (χ0v) is 15.5. The lowest BCUT2D eigenvalue weighted by atomic mass is 9.48. The molecular weight excluding hydrogens is 415 g/mol. The van der Waals surface area contributed by atoms with E-state index in [2.05, 4.69) is 0 Å². The van der Waals surface area contributed by atoms with Gasteiger partial charge in [-0.15, -0.1) is 0 Å². The van der Waals surface area contributed by atoms with Gasteiger partial charge in [0.1, 0.15) is 5.92 Å².